The van der Waals surface area contributed by atoms with Crippen molar-refractivity contribution in [3.8, 4) is 0 Å². The third-order valence-electron chi connectivity index (χ3n) is 4.05. The highest BCUT2D eigenvalue weighted by atomic mass is 35.5. The van der Waals surface area contributed by atoms with Crippen LogP contribution >= 0.6 is 11.6 Å². The van der Waals surface area contributed by atoms with Gasteiger partial charge in [0.2, 0.25) is 0 Å². The molecule has 0 aliphatic heterocycles. The Hall–Kier alpha value is -0.540. The van der Waals surface area contributed by atoms with E-state index in [1.807, 2.05) is 11.7 Å². The second-order valence-electron chi connectivity index (χ2n) is 6.17. The Morgan fingerprint density at radius 3 is 2.33 bits per heavy atom. The predicted octanol–water partition coefficient (Wildman–Crippen LogP) is 5.52. The number of nitrogens with zero attached hydrogens (tertiary/aromatic N) is 2. The molecule has 0 spiro atoms. The third kappa shape index (κ3) is 5.99. The Kier molecular flexibility index (Phi) is 9.02. The van der Waals surface area contributed by atoms with Crippen LogP contribution in [-0.4, -0.2) is 16.8 Å². The lowest BCUT2D eigenvalue weighted by atomic mass is 10.0. The Morgan fingerprint density at radius 1 is 1.14 bits per heavy atom. The number of hydrogen-bond donors (Lipinski definition) is 1. The molecule has 0 aromatic carbocycles. The summed E-state index contributed by atoms with van der Waals surface area (Å²) in [7, 11) is 2.01. The monoisotopic (exact) mass is 313 g/mol. The van der Waals surface area contributed by atoms with Gasteiger partial charge in [-0.05, 0) is 27.3 Å². The van der Waals surface area contributed by atoms with Gasteiger partial charge >= 0.3 is 0 Å². The van der Waals surface area contributed by atoms with E-state index in [4.69, 9.17) is 11.6 Å². The smallest absolute Gasteiger partial charge is 0.0834 e. The highest BCUT2D eigenvalue weighted by Gasteiger charge is 2.19. The van der Waals surface area contributed by atoms with Gasteiger partial charge in [0.15, 0.2) is 0 Å². The minimum absolute atomic E-state index is 0.304. The lowest BCUT2D eigenvalue weighted by molar-refractivity contribution is 0.432. The molecule has 21 heavy (non-hydrogen) atoms. The van der Waals surface area contributed by atoms with Crippen LogP contribution in [-0.2, 0) is 0 Å². The average molecular weight is 314 g/mol. The van der Waals surface area contributed by atoms with Gasteiger partial charge in [-0.2, -0.15) is 5.10 Å². The topological polar surface area (TPSA) is 29.9 Å². The molecule has 0 bridgehead atoms. The van der Waals surface area contributed by atoms with E-state index in [-0.39, 0.29) is 0 Å². The van der Waals surface area contributed by atoms with Gasteiger partial charge in [0.05, 0.1) is 23.0 Å². The summed E-state index contributed by atoms with van der Waals surface area (Å²) in [6, 6.07) is 0.649. The van der Waals surface area contributed by atoms with Crippen molar-refractivity contribution in [1.82, 2.24) is 15.1 Å². The Labute approximate surface area is 135 Å². The second kappa shape index (κ2) is 10.2. The largest absolute Gasteiger partial charge is 0.312 e. The van der Waals surface area contributed by atoms with E-state index in [9.17, 15) is 0 Å². The quantitative estimate of drug-likeness (QED) is 0.545. The van der Waals surface area contributed by atoms with Crippen LogP contribution in [0.15, 0.2) is 6.20 Å². The highest BCUT2D eigenvalue weighted by Crippen LogP contribution is 2.28. The van der Waals surface area contributed by atoms with Crippen LogP contribution in [0.4, 0.5) is 0 Å². The molecule has 0 aliphatic rings. The fraction of sp³-hybridized carbons (Fsp3) is 0.824. The maximum atomic E-state index is 6.34. The van der Waals surface area contributed by atoms with Crippen molar-refractivity contribution in [2.45, 2.75) is 84.2 Å². The molecule has 0 amide bonds. The van der Waals surface area contributed by atoms with Crippen LogP contribution in [0.3, 0.4) is 0 Å². The molecule has 0 fully saturated rings. The second-order valence-corrected chi connectivity index (χ2v) is 6.57. The molecule has 1 heterocycles. The molecule has 0 saturated carbocycles. The van der Waals surface area contributed by atoms with E-state index < -0.39 is 0 Å². The van der Waals surface area contributed by atoms with Gasteiger partial charge in [-0.15, -0.1) is 0 Å². The third-order valence-corrected chi connectivity index (χ3v) is 4.34. The fourth-order valence-electron chi connectivity index (χ4n) is 2.81. The minimum Gasteiger partial charge on any atom is -0.312 e. The SMILES string of the molecule is CCCCCCCCCC(NC)c1c(Cl)cnn1C(C)C. The number of aromatic nitrogens is 2. The summed E-state index contributed by atoms with van der Waals surface area (Å²) in [4.78, 5) is 0. The molecule has 3 nitrogen and oxygen atoms in total. The summed E-state index contributed by atoms with van der Waals surface area (Å²) in [5, 5.41) is 8.60. The van der Waals surface area contributed by atoms with Gasteiger partial charge in [-0.3, -0.25) is 4.68 Å². The van der Waals surface area contributed by atoms with Gasteiger partial charge in [-0.25, -0.2) is 0 Å². The Bertz CT molecular complexity index is 387. The Balaban J connectivity index is 2.43. The van der Waals surface area contributed by atoms with Crippen LogP contribution < -0.4 is 5.32 Å². The number of halogens is 1. The first-order chi connectivity index (χ1) is 10.1. The molecule has 1 aromatic heterocycles. The lowest BCUT2D eigenvalue weighted by Crippen LogP contribution is -2.21. The maximum absolute atomic E-state index is 6.34. The summed E-state index contributed by atoms with van der Waals surface area (Å²) in [5.74, 6) is 0. The summed E-state index contributed by atoms with van der Waals surface area (Å²) >= 11 is 6.34. The Morgan fingerprint density at radius 2 is 1.76 bits per heavy atom. The molecule has 1 aromatic rings. The van der Waals surface area contributed by atoms with Gasteiger partial charge in [0, 0.05) is 6.04 Å². The first kappa shape index (κ1) is 18.5. The molecule has 122 valence electrons. The highest BCUT2D eigenvalue weighted by molar-refractivity contribution is 6.31. The standard InChI is InChI=1S/C17H32ClN3/c1-5-6-7-8-9-10-11-12-16(19-4)17-15(18)13-20-21(17)14(2)3/h13-14,16,19H,5-12H2,1-4H3. The fourth-order valence-corrected chi connectivity index (χ4v) is 3.07. The molecule has 0 aliphatic carbocycles. The molecular weight excluding hydrogens is 282 g/mol. The van der Waals surface area contributed by atoms with Crippen molar-refractivity contribution >= 4 is 11.6 Å². The first-order valence-corrected chi connectivity index (χ1v) is 8.89. The van der Waals surface area contributed by atoms with Crippen LogP contribution in [0.2, 0.25) is 5.02 Å². The summed E-state index contributed by atoms with van der Waals surface area (Å²) < 4.78 is 2.05. The maximum Gasteiger partial charge on any atom is 0.0834 e. The van der Waals surface area contributed by atoms with E-state index in [2.05, 4.69) is 31.2 Å². The van der Waals surface area contributed by atoms with Crippen LogP contribution in [0.5, 0.6) is 0 Å². The van der Waals surface area contributed by atoms with Crippen molar-refractivity contribution in [3.63, 3.8) is 0 Å². The summed E-state index contributed by atoms with van der Waals surface area (Å²) in [6.07, 6.45) is 12.3. The zero-order valence-corrected chi connectivity index (χ0v) is 14.9. The zero-order valence-electron chi connectivity index (χ0n) is 14.2. The van der Waals surface area contributed by atoms with E-state index in [0.29, 0.717) is 12.1 Å². The van der Waals surface area contributed by atoms with Crippen molar-refractivity contribution in [3.05, 3.63) is 16.9 Å². The van der Waals surface area contributed by atoms with Crippen molar-refractivity contribution in [2.24, 2.45) is 0 Å². The van der Waals surface area contributed by atoms with Gasteiger partial charge in [0.25, 0.3) is 0 Å². The van der Waals surface area contributed by atoms with Crippen LogP contribution in [0, 0.1) is 0 Å². The number of nitrogens with one attached hydrogen (secondary N) is 1. The lowest BCUT2D eigenvalue weighted by Gasteiger charge is -2.20. The number of unbranched alkanes of at least 4 members (excludes halogenated alkanes) is 6. The summed E-state index contributed by atoms with van der Waals surface area (Å²) in [5.41, 5.74) is 1.14. The molecule has 1 unspecified atom stereocenters. The van der Waals surface area contributed by atoms with Gasteiger partial charge in [0.1, 0.15) is 0 Å². The zero-order chi connectivity index (χ0) is 15.7. The van der Waals surface area contributed by atoms with Crippen molar-refractivity contribution in [1.29, 1.82) is 0 Å². The summed E-state index contributed by atoms with van der Waals surface area (Å²) in [6.45, 7) is 6.56. The molecule has 0 saturated heterocycles. The van der Waals surface area contributed by atoms with E-state index in [1.54, 1.807) is 6.20 Å². The average Bonchev–Trinajstić information content (AvgIpc) is 2.84. The van der Waals surface area contributed by atoms with Crippen molar-refractivity contribution < 1.29 is 0 Å². The van der Waals surface area contributed by atoms with E-state index in [0.717, 1.165) is 17.1 Å². The van der Waals surface area contributed by atoms with Gasteiger partial charge in [-0.1, -0.05) is 63.5 Å². The predicted molar refractivity (Wildman–Crippen MR) is 92.0 cm³/mol. The molecule has 1 rings (SSSR count). The van der Waals surface area contributed by atoms with E-state index in [1.165, 1.54) is 44.9 Å². The van der Waals surface area contributed by atoms with Gasteiger partial charge < -0.3 is 5.32 Å². The molecule has 0 radical (unpaired) electrons. The minimum atomic E-state index is 0.304. The molecule has 1 N–H and O–H groups in total. The number of hydrogen-bond acceptors (Lipinski definition) is 2. The van der Waals surface area contributed by atoms with Crippen LogP contribution in [0.1, 0.15) is 89.9 Å². The van der Waals surface area contributed by atoms with Crippen LogP contribution in [0.25, 0.3) is 0 Å². The first-order valence-electron chi connectivity index (χ1n) is 8.52. The molecular formula is C17H32ClN3. The normalized spacial score (nSPS) is 13.0. The van der Waals surface area contributed by atoms with E-state index >= 15 is 0 Å². The van der Waals surface area contributed by atoms with Crippen molar-refractivity contribution in [2.75, 3.05) is 7.05 Å². The number of rotatable bonds is 11. The molecule has 1 atom stereocenters. The molecule has 4 heteroatoms.